The number of benzene rings is 7. The summed E-state index contributed by atoms with van der Waals surface area (Å²) in [4.78, 5) is 29.8. The van der Waals surface area contributed by atoms with Gasteiger partial charge in [0, 0.05) is 47.6 Å². The number of aliphatic hydroxyl groups excluding tert-OH is 2. The Morgan fingerprint density at radius 1 is 0.639 bits per heavy atom. The number of hydrazone groups is 1. The number of phenols is 2. The highest BCUT2D eigenvalue weighted by Crippen LogP contribution is 2.47. The van der Waals surface area contributed by atoms with Crippen molar-refractivity contribution >= 4 is 125 Å². The van der Waals surface area contributed by atoms with Crippen LogP contribution in [0.1, 0.15) is 6.42 Å². The third-order valence-electron chi connectivity index (χ3n) is 11.9. The molecule has 83 heavy (non-hydrogen) atoms. The fourth-order valence-corrected chi connectivity index (χ4v) is 10.3. The normalized spacial score (nSPS) is 14.5. The van der Waals surface area contributed by atoms with Crippen molar-refractivity contribution in [3.63, 3.8) is 0 Å². The van der Waals surface area contributed by atoms with E-state index >= 15 is 0 Å². The van der Waals surface area contributed by atoms with E-state index in [4.69, 9.17) is 9.47 Å². The molecule has 31 nitrogen and oxygen atoms in total. The van der Waals surface area contributed by atoms with Crippen molar-refractivity contribution in [2.75, 3.05) is 31.4 Å². The lowest BCUT2D eigenvalue weighted by Crippen LogP contribution is -2.33. The van der Waals surface area contributed by atoms with Gasteiger partial charge in [-0.05, 0) is 90.3 Å². The van der Waals surface area contributed by atoms with Crippen molar-refractivity contribution in [1.82, 2.24) is 9.97 Å². The number of carbonyl (C=O) groups excluding carboxylic acids is 1. The lowest BCUT2D eigenvalue weighted by atomic mass is 10.1. The van der Waals surface area contributed by atoms with Gasteiger partial charge >= 0.3 is 5.97 Å². The van der Waals surface area contributed by atoms with Gasteiger partial charge in [0.05, 0.1) is 61.4 Å². The second-order valence-electron chi connectivity index (χ2n) is 17.4. The molecule has 8 aromatic rings. The highest BCUT2D eigenvalue weighted by molar-refractivity contribution is 7.86. The molecule has 1 aliphatic rings. The fraction of sp³-hybridized carbons (Fsp3) is 0.125. The number of anilines is 1. The Morgan fingerprint density at radius 2 is 1.24 bits per heavy atom. The van der Waals surface area contributed by atoms with Gasteiger partial charge in [0.25, 0.3) is 46.4 Å². The van der Waals surface area contributed by atoms with Crippen molar-refractivity contribution < 1.29 is 96.5 Å². The molecule has 0 saturated carbocycles. The number of nitrogens with one attached hydrogen (secondary N) is 1. The van der Waals surface area contributed by atoms with Gasteiger partial charge < -0.3 is 40.0 Å². The van der Waals surface area contributed by atoms with Gasteiger partial charge in [-0.25, -0.2) is 9.78 Å². The molecule has 0 bridgehead atoms. The summed E-state index contributed by atoms with van der Waals surface area (Å²) in [5.74, 6) is -4.46. The van der Waals surface area contributed by atoms with Crippen LogP contribution in [0.3, 0.4) is 0 Å². The van der Waals surface area contributed by atoms with Crippen LogP contribution in [-0.2, 0) is 50.1 Å². The summed E-state index contributed by atoms with van der Waals surface area (Å²) in [7, 11) is -19.8. The number of nitrogens with zero attached hydrogens (tertiary/aromatic N) is 9. The molecule has 0 saturated heterocycles. The SMILES string of the molecule is O=C(O)C1=NN(c2ccc(S(=O)(=O)O)cc2)C(=O)C1N=Nc1ccc(-c2nc3ccc4c(O)c(N=Nc5cc(OCCO)c(N=Nc6cc(S(=O)(=O)O)cc7cc(S(=O)(=O)O)cc(O)c67)cc5OCCCO)c(S(=O)(=O)O)cc4c3[nH]2)cc1. The molecule has 2 heterocycles. The van der Waals surface area contributed by atoms with E-state index < -0.39 is 120 Å². The summed E-state index contributed by atoms with van der Waals surface area (Å²) in [6.07, 6.45) is 0.0387. The predicted molar refractivity (Wildman–Crippen MR) is 287 cm³/mol. The Kier molecular flexibility index (Phi) is 15.9. The van der Waals surface area contributed by atoms with Crippen molar-refractivity contribution in [2.24, 2.45) is 35.8 Å². The van der Waals surface area contributed by atoms with Crippen LogP contribution in [0.2, 0.25) is 0 Å². The number of phenolic OH excluding ortho intramolecular Hbond substituents is 2. The number of fused-ring (bicyclic) bond motifs is 4. The first-order valence-corrected chi connectivity index (χ1v) is 29.1. The summed E-state index contributed by atoms with van der Waals surface area (Å²) >= 11 is 0. The highest BCUT2D eigenvalue weighted by Gasteiger charge is 2.41. The summed E-state index contributed by atoms with van der Waals surface area (Å²) in [6, 6.07) is 17.5. The van der Waals surface area contributed by atoms with Crippen molar-refractivity contribution in [2.45, 2.75) is 32.0 Å². The van der Waals surface area contributed by atoms with Crippen LogP contribution in [0, 0.1) is 0 Å². The molecule has 0 spiro atoms. The Bertz CT molecular complexity index is 4590. The molecular weight excluding hydrogens is 1180 g/mol. The predicted octanol–water partition coefficient (Wildman–Crippen LogP) is 6.84. The van der Waals surface area contributed by atoms with E-state index in [1.807, 2.05) is 0 Å². The van der Waals surface area contributed by atoms with Crippen LogP contribution in [0.25, 0.3) is 44.0 Å². The molecule has 0 aliphatic carbocycles. The summed E-state index contributed by atoms with van der Waals surface area (Å²) in [6.45, 7) is -1.55. The number of aromatic amines is 1. The zero-order valence-corrected chi connectivity index (χ0v) is 44.8. The number of aliphatic hydroxyl groups is 2. The van der Waals surface area contributed by atoms with E-state index in [1.54, 1.807) is 0 Å². The number of carbonyl (C=O) groups is 2. The Balaban J connectivity index is 1.04. The molecule has 7 aromatic carbocycles. The number of carboxylic acids is 1. The zero-order valence-electron chi connectivity index (χ0n) is 41.5. The van der Waals surface area contributed by atoms with E-state index in [9.17, 15) is 87.0 Å². The summed E-state index contributed by atoms with van der Waals surface area (Å²) in [5.41, 5.74) is -1.59. The van der Waals surface area contributed by atoms with Crippen molar-refractivity contribution in [3.8, 4) is 34.4 Å². The number of amides is 1. The number of imidazole rings is 1. The van der Waals surface area contributed by atoms with Crippen molar-refractivity contribution in [1.29, 1.82) is 0 Å². The molecule has 1 aliphatic heterocycles. The molecule has 1 atom stereocenters. The number of ether oxygens (including phenoxy) is 2. The minimum absolute atomic E-state index is 0.0146. The number of hydrogen-bond acceptors (Lipinski definition) is 24. The van der Waals surface area contributed by atoms with Crippen LogP contribution in [-0.4, -0.2) is 137 Å². The second-order valence-corrected chi connectivity index (χ2v) is 23.0. The molecule has 430 valence electrons. The number of aromatic nitrogens is 2. The van der Waals surface area contributed by atoms with Gasteiger partial charge in [0.2, 0.25) is 6.04 Å². The van der Waals surface area contributed by atoms with Crippen molar-refractivity contribution in [3.05, 3.63) is 103 Å². The monoisotopic (exact) mass is 1220 g/mol. The molecule has 9 rings (SSSR count). The van der Waals surface area contributed by atoms with Crippen LogP contribution < -0.4 is 14.5 Å². The van der Waals surface area contributed by atoms with E-state index in [0.29, 0.717) is 16.6 Å². The zero-order chi connectivity index (χ0) is 59.9. The van der Waals surface area contributed by atoms with E-state index in [2.05, 4.69) is 45.8 Å². The minimum Gasteiger partial charge on any atom is -0.507 e. The second kappa shape index (κ2) is 22.6. The van der Waals surface area contributed by atoms with Gasteiger partial charge in [-0.15, -0.1) is 20.5 Å². The van der Waals surface area contributed by atoms with Crippen LogP contribution in [0.4, 0.5) is 34.1 Å². The standard InChI is InChI=1S/C48H38N10O21S4/c59-12-1-14-78-37-21-33(52-54-35-18-28(81(69,70)71)16-24-17-29(82(72,73)74)19-36(61)40(24)35)38(79-15-13-60)22-34(37)53-55-42-39(83(75,76)77)20-31-30(45(42)62)10-11-32-41(31)50-46(49-32)23-2-4-25(5-3-23)51-56-43-44(48(64)65)57-58(47(43)63)26-6-8-27(9-7-26)80(66,67)68/h2-11,16-22,43,59-62H,1,12-15H2,(H,49,50)(H,64,65)(H,66,67,68)(H,69,70,71)(H,72,73,74)(H,75,76,77). The Labute approximate surface area is 465 Å². The Hall–Kier alpha value is -9.30. The molecule has 10 N–H and O–H groups in total. The van der Waals surface area contributed by atoms with E-state index in [1.165, 1.54) is 36.4 Å². The molecule has 1 aromatic heterocycles. The topological polar surface area (TPSA) is 490 Å². The fourth-order valence-electron chi connectivity index (χ4n) is 8.13. The summed E-state index contributed by atoms with van der Waals surface area (Å²) in [5, 5.41) is 79.5. The first-order chi connectivity index (χ1) is 39.1. The van der Waals surface area contributed by atoms with Gasteiger partial charge in [-0.2, -0.15) is 54.0 Å². The maximum absolute atomic E-state index is 13.3. The Morgan fingerprint density at radius 3 is 1.83 bits per heavy atom. The summed E-state index contributed by atoms with van der Waals surface area (Å²) < 4.78 is 148. The van der Waals surface area contributed by atoms with Crippen LogP contribution in [0.5, 0.6) is 23.0 Å². The van der Waals surface area contributed by atoms with Gasteiger partial charge in [0.1, 0.15) is 51.6 Å². The lowest BCUT2D eigenvalue weighted by molar-refractivity contribution is -0.130. The highest BCUT2D eigenvalue weighted by atomic mass is 32.2. The van der Waals surface area contributed by atoms with Crippen LogP contribution >= 0.6 is 0 Å². The number of aliphatic carboxylic acids is 1. The first kappa shape index (κ1) is 58.4. The number of hydrogen-bond donors (Lipinski definition) is 10. The molecule has 35 heteroatoms. The minimum atomic E-state index is -5.26. The molecular formula is C48H38N10O21S4. The van der Waals surface area contributed by atoms with Crippen LogP contribution in [0.15, 0.2) is 158 Å². The number of rotatable bonds is 20. The third-order valence-corrected chi connectivity index (χ3v) is 15.3. The van der Waals surface area contributed by atoms with E-state index in [0.717, 1.165) is 60.7 Å². The van der Waals surface area contributed by atoms with Gasteiger partial charge in [-0.1, -0.05) is 0 Å². The molecule has 1 unspecified atom stereocenters. The average Bonchev–Trinajstić information content (AvgIpc) is 4.23. The third kappa shape index (κ3) is 12.3. The largest absolute Gasteiger partial charge is 0.507 e. The van der Waals surface area contributed by atoms with Gasteiger partial charge in [0.15, 0.2) is 11.5 Å². The maximum Gasteiger partial charge on any atom is 0.355 e. The first-order valence-electron chi connectivity index (χ1n) is 23.3. The number of aromatic hydroxyl groups is 2. The average molecular weight is 1220 g/mol. The smallest absolute Gasteiger partial charge is 0.355 e. The van der Waals surface area contributed by atoms with Gasteiger partial charge in [-0.3, -0.25) is 23.0 Å². The maximum atomic E-state index is 13.3. The lowest BCUT2D eigenvalue weighted by Gasteiger charge is -2.13. The number of azo groups is 3. The number of carboxylic acid groups (broad SMARTS) is 1. The molecule has 0 radical (unpaired) electrons. The number of H-pyrrole nitrogens is 1. The molecule has 1 amide bonds. The molecule has 0 fully saturated rings. The van der Waals surface area contributed by atoms with E-state index in [-0.39, 0.29) is 92.3 Å². The quantitative estimate of drug-likeness (QED) is 0.0212.